The predicted molar refractivity (Wildman–Crippen MR) is 150 cm³/mol. The molecule has 0 aliphatic carbocycles. The molecule has 0 aliphatic heterocycles. The Morgan fingerprint density at radius 3 is 2.31 bits per heavy atom. The van der Waals surface area contributed by atoms with E-state index in [9.17, 15) is 13.2 Å². The van der Waals surface area contributed by atoms with Gasteiger partial charge >= 0.3 is 0 Å². The Morgan fingerprint density at radius 1 is 1.03 bits per heavy atom. The molecule has 1 aromatic heterocycles. The molecular formula is C24H33ClN4O3S3. The van der Waals surface area contributed by atoms with Crippen LogP contribution < -0.4 is 4.90 Å². The van der Waals surface area contributed by atoms with E-state index in [4.69, 9.17) is 4.98 Å². The number of likely N-dealkylation sites (N-methyl/N-ethyl adjacent to an activating group) is 1. The van der Waals surface area contributed by atoms with Crippen molar-refractivity contribution in [1.29, 1.82) is 0 Å². The maximum atomic E-state index is 13.5. The Hall–Kier alpha value is -1.69. The minimum atomic E-state index is -3.58. The largest absolute Gasteiger partial charge is 0.308 e. The molecule has 0 unspecified atom stereocenters. The molecule has 192 valence electrons. The number of carbonyl (C=O) groups excluding carboxylic acids is 1. The van der Waals surface area contributed by atoms with Crippen LogP contribution in [0.4, 0.5) is 5.13 Å². The number of benzene rings is 2. The lowest BCUT2D eigenvalue weighted by Gasteiger charge is -2.22. The molecule has 0 bridgehead atoms. The molecule has 1 amide bonds. The molecule has 3 aromatic rings. The van der Waals surface area contributed by atoms with Crippen LogP contribution in [0.25, 0.3) is 10.2 Å². The third kappa shape index (κ3) is 7.18. The van der Waals surface area contributed by atoms with Crippen LogP contribution in [-0.2, 0) is 10.0 Å². The summed E-state index contributed by atoms with van der Waals surface area (Å²) in [6.07, 6.45) is 3.75. The van der Waals surface area contributed by atoms with Crippen molar-refractivity contribution in [3.8, 4) is 0 Å². The van der Waals surface area contributed by atoms with Crippen LogP contribution in [0, 0.1) is 0 Å². The molecule has 0 radical (unpaired) electrons. The number of sulfonamides is 1. The summed E-state index contributed by atoms with van der Waals surface area (Å²) in [6, 6.07) is 12.3. The van der Waals surface area contributed by atoms with Crippen LogP contribution >= 0.6 is 35.5 Å². The van der Waals surface area contributed by atoms with Gasteiger partial charge in [-0.3, -0.25) is 9.69 Å². The first kappa shape index (κ1) is 29.5. The molecule has 35 heavy (non-hydrogen) atoms. The van der Waals surface area contributed by atoms with Crippen molar-refractivity contribution in [2.45, 2.75) is 29.6 Å². The summed E-state index contributed by atoms with van der Waals surface area (Å²) in [5, 5.41) is 0.635. The number of thioether (sulfide) groups is 1. The minimum absolute atomic E-state index is 0. The first-order valence-corrected chi connectivity index (χ1v) is 14.6. The highest BCUT2D eigenvalue weighted by Crippen LogP contribution is 2.32. The predicted octanol–water partition coefficient (Wildman–Crippen LogP) is 5.07. The molecule has 1 heterocycles. The summed E-state index contributed by atoms with van der Waals surface area (Å²) in [5.41, 5.74) is 1.29. The van der Waals surface area contributed by atoms with Crippen LogP contribution in [0.2, 0.25) is 0 Å². The van der Waals surface area contributed by atoms with Gasteiger partial charge < -0.3 is 4.90 Å². The summed E-state index contributed by atoms with van der Waals surface area (Å²) in [6.45, 7) is 3.64. The van der Waals surface area contributed by atoms with E-state index in [0.717, 1.165) is 28.0 Å². The van der Waals surface area contributed by atoms with Gasteiger partial charge in [0.05, 0.1) is 15.1 Å². The van der Waals surface area contributed by atoms with Gasteiger partial charge in [0, 0.05) is 37.1 Å². The van der Waals surface area contributed by atoms with Gasteiger partial charge in [-0.15, -0.1) is 24.2 Å². The fraction of sp³-hybridized carbons (Fsp3) is 0.417. The van der Waals surface area contributed by atoms with Gasteiger partial charge in [0.2, 0.25) is 10.0 Å². The molecule has 7 nitrogen and oxygen atoms in total. The van der Waals surface area contributed by atoms with Crippen molar-refractivity contribution in [2.75, 3.05) is 51.9 Å². The Balaban J connectivity index is 0.00000432. The molecule has 2 aromatic carbocycles. The number of carbonyl (C=O) groups is 1. The van der Waals surface area contributed by atoms with Crippen molar-refractivity contribution >= 4 is 66.8 Å². The van der Waals surface area contributed by atoms with E-state index in [1.54, 1.807) is 35.8 Å². The number of halogens is 1. The monoisotopic (exact) mass is 556 g/mol. The number of nitrogens with zero attached hydrogens (tertiary/aromatic N) is 4. The van der Waals surface area contributed by atoms with Crippen molar-refractivity contribution < 1.29 is 13.2 Å². The fourth-order valence-corrected chi connectivity index (χ4v) is 6.08. The maximum Gasteiger partial charge on any atom is 0.260 e. The second-order valence-corrected chi connectivity index (χ2v) is 12.2. The van der Waals surface area contributed by atoms with Crippen molar-refractivity contribution in [3.63, 3.8) is 0 Å². The average Bonchev–Trinajstić information content (AvgIpc) is 3.25. The number of aromatic nitrogens is 1. The molecule has 0 saturated carbocycles. The number of thiazole rings is 1. The van der Waals surface area contributed by atoms with E-state index in [1.807, 2.05) is 44.3 Å². The van der Waals surface area contributed by atoms with Gasteiger partial charge in [0.1, 0.15) is 0 Å². The summed E-state index contributed by atoms with van der Waals surface area (Å²) in [5.74, 6) is -0.200. The minimum Gasteiger partial charge on any atom is -0.308 e. The SMILES string of the molecule is CCCCN(C)S(=O)(=O)c1ccc(C(=O)N(CCN(C)C)c2nc3ccc(SC)cc3s2)cc1.Cl. The summed E-state index contributed by atoms with van der Waals surface area (Å²) >= 11 is 3.16. The highest BCUT2D eigenvalue weighted by molar-refractivity contribution is 7.98. The Labute approximate surface area is 223 Å². The van der Waals surface area contributed by atoms with Crippen molar-refractivity contribution in [2.24, 2.45) is 0 Å². The Morgan fingerprint density at radius 2 is 1.71 bits per heavy atom. The third-order valence-electron chi connectivity index (χ3n) is 5.47. The first-order chi connectivity index (χ1) is 16.2. The topological polar surface area (TPSA) is 73.8 Å². The van der Waals surface area contributed by atoms with E-state index >= 15 is 0 Å². The van der Waals surface area contributed by atoms with Crippen molar-refractivity contribution in [1.82, 2.24) is 14.2 Å². The molecular weight excluding hydrogens is 524 g/mol. The third-order valence-corrected chi connectivity index (χ3v) is 9.10. The molecule has 0 spiro atoms. The molecule has 0 aliphatic rings. The van der Waals surface area contributed by atoms with Gasteiger partial charge in [0.15, 0.2) is 5.13 Å². The molecule has 3 rings (SSSR count). The lowest BCUT2D eigenvalue weighted by Crippen LogP contribution is -2.36. The summed E-state index contributed by atoms with van der Waals surface area (Å²) < 4.78 is 28.0. The van der Waals surface area contributed by atoms with E-state index < -0.39 is 10.0 Å². The zero-order valence-electron chi connectivity index (χ0n) is 20.7. The van der Waals surface area contributed by atoms with E-state index in [0.29, 0.717) is 30.3 Å². The van der Waals surface area contributed by atoms with Crippen LogP contribution in [0.5, 0.6) is 0 Å². The van der Waals surface area contributed by atoms with Gasteiger partial charge in [-0.05, 0) is 69.2 Å². The van der Waals surface area contributed by atoms with Crippen LogP contribution in [-0.4, -0.2) is 75.5 Å². The van der Waals surface area contributed by atoms with Gasteiger partial charge in [-0.1, -0.05) is 24.7 Å². The zero-order chi connectivity index (χ0) is 24.9. The van der Waals surface area contributed by atoms with Gasteiger partial charge in [0.25, 0.3) is 5.91 Å². The lowest BCUT2D eigenvalue weighted by molar-refractivity contribution is 0.0985. The standard InChI is InChI=1S/C24H32N4O3S3.ClH/c1-6-7-14-27(4)34(30,31)20-11-8-18(9-12-20)23(29)28(16-15-26(2)3)24-25-21-13-10-19(32-5)17-22(21)33-24;/h8-13,17H,6-7,14-16H2,1-5H3;1H. The highest BCUT2D eigenvalue weighted by atomic mass is 35.5. The van der Waals surface area contributed by atoms with Crippen LogP contribution in [0.15, 0.2) is 52.3 Å². The van der Waals surface area contributed by atoms with Gasteiger partial charge in [-0.25, -0.2) is 17.7 Å². The number of hydrogen-bond acceptors (Lipinski definition) is 7. The number of amides is 1. The fourth-order valence-electron chi connectivity index (χ4n) is 3.33. The average molecular weight is 557 g/mol. The van der Waals surface area contributed by atoms with Crippen LogP contribution in [0.1, 0.15) is 30.1 Å². The van der Waals surface area contributed by atoms with Gasteiger partial charge in [-0.2, -0.15) is 0 Å². The number of rotatable bonds is 11. The lowest BCUT2D eigenvalue weighted by atomic mass is 10.2. The summed E-state index contributed by atoms with van der Waals surface area (Å²) in [4.78, 5) is 23.2. The molecule has 11 heteroatoms. The van der Waals surface area contributed by atoms with E-state index in [2.05, 4.69) is 6.07 Å². The van der Waals surface area contributed by atoms with Crippen molar-refractivity contribution in [3.05, 3.63) is 48.0 Å². The Kier molecular flexibility index (Phi) is 11.0. The van der Waals surface area contributed by atoms with E-state index in [1.165, 1.54) is 27.8 Å². The number of anilines is 1. The maximum absolute atomic E-state index is 13.5. The smallest absolute Gasteiger partial charge is 0.260 e. The second kappa shape index (κ2) is 13.0. The first-order valence-electron chi connectivity index (χ1n) is 11.1. The molecule has 0 saturated heterocycles. The molecule has 0 N–H and O–H groups in total. The number of hydrogen-bond donors (Lipinski definition) is 0. The molecule has 0 fully saturated rings. The highest BCUT2D eigenvalue weighted by Gasteiger charge is 2.24. The number of fused-ring (bicyclic) bond motifs is 1. The summed E-state index contributed by atoms with van der Waals surface area (Å²) in [7, 11) is 1.92. The molecule has 0 atom stereocenters. The number of unbranched alkanes of at least 4 members (excludes halogenated alkanes) is 1. The quantitative estimate of drug-likeness (QED) is 0.307. The Bertz CT molecular complexity index is 1230. The normalized spacial score (nSPS) is 11.7. The second-order valence-electron chi connectivity index (χ2n) is 8.29. The van der Waals surface area contributed by atoms with Crippen LogP contribution in [0.3, 0.4) is 0 Å². The zero-order valence-corrected chi connectivity index (χ0v) is 24.0. The van der Waals surface area contributed by atoms with E-state index in [-0.39, 0.29) is 23.2 Å².